The molecule has 3 nitrogen and oxygen atoms in total. The van der Waals surface area contributed by atoms with Crippen molar-refractivity contribution < 1.29 is 15.0 Å². The molecule has 0 atom stereocenters. The van der Waals surface area contributed by atoms with E-state index in [0.717, 1.165) is 17.7 Å². The summed E-state index contributed by atoms with van der Waals surface area (Å²) in [6.07, 6.45) is 1.57. The van der Waals surface area contributed by atoms with Gasteiger partial charge in [0, 0.05) is 10.6 Å². The Balaban J connectivity index is 1.94. The smallest absolute Gasteiger partial charge is 0.310 e. The van der Waals surface area contributed by atoms with Crippen LogP contribution >= 0.6 is 11.8 Å². The lowest BCUT2D eigenvalue weighted by atomic mass is 10.1. The van der Waals surface area contributed by atoms with E-state index < -0.39 is 11.4 Å². The Labute approximate surface area is 92.1 Å². The van der Waals surface area contributed by atoms with Crippen LogP contribution in [-0.2, 0) is 4.79 Å². The standard InChI is InChI=1S/C11H12O3S/c12-8-1-3-9(4-2-8)15-7-11(5-6-11)10(13)14/h1-4,12H,5-7H2,(H,13,14). The minimum Gasteiger partial charge on any atom is -0.508 e. The third-order valence-corrected chi connectivity index (χ3v) is 3.96. The highest BCUT2D eigenvalue weighted by Gasteiger charge is 2.49. The Kier molecular flexibility index (Phi) is 2.61. The largest absolute Gasteiger partial charge is 0.508 e. The van der Waals surface area contributed by atoms with Gasteiger partial charge in [0.1, 0.15) is 5.75 Å². The van der Waals surface area contributed by atoms with Gasteiger partial charge in [-0.2, -0.15) is 0 Å². The summed E-state index contributed by atoms with van der Waals surface area (Å²) in [5, 5.41) is 18.1. The molecule has 0 amide bonds. The maximum absolute atomic E-state index is 10.9. The Morgan fingerprint density at radius 3 is 2.40 bits per heavy atom. The van der Waals surface area contributed by atoms with Gasteiger partial charge in [0.05, 0.1) is 5.41 Å². The van der Waals surface area contributed by atoms with Crippen LogP contribution in [0.25, 0.3) is 0 Å². The lowest BCUT2D eigenvalue weighted by molar-refractivity contribution is -0.142. The Bertz CT molecular complexity index is 368. The number of hydrogen-bond donors (Lipinski definition) is 2. The second-order valence-electron chi connectivity index (χ2n) is 3.87. The lowest BCUT2D eigenvalue weighted by Crippen LogP contribution is -2.17. The summed E-state index contributed by atoms with van der Waals surface area (Å²) in [6, 6.07) is 6.83. The lowest BCUT2D eigenvalue weighted by Gasteiger charge is -2.08. The zero-order chi connectivity index (χ0) is 10.9. The highest BCUT2D eigenvalue weighted by molar-refractivity contribution is 7.99. The van der Waals surface area contributed by atoms with E-state index >= 15 is 0 Å². The molecular formula is C11H12O3S. The van der Waals surface area contributed by atoms with E-state index in [-0.39, 0.29) is 5.75 Å². The number of thioether (sulfide) groups is 1. The molecule has 15 heavy (non-hydrogen) atoms. The fourth-order valence-corrected chi connectivity index (χ4v) is 2.52. The van der Waals surface area contributed by atoms with Gasteiger partial charge in [-0.1, -0.05) is 0 Å². The van der Waals surface area contributed by atoms with E-state index in [4.69, 9.17) is 10.2 Å². The van der Waals surface area contributed by atoms with Gasteiger partial charge in [0.15, 0.2) is 0 Å². The van der Waals surface area contributed by atoms with Gasteiger partial charge >= 0.3 is 5.97 Å². The first-order valence-electron chi connectivity index (χ1n) is 4.78. The van der Waals surface area contributed by atoms with Crippen LogP contribution in [0.2, 0.25) is 0 Å². The second kappa shape index (κ2) is 3.77. The van der Waals surface area contributed by atoms with Crippen LogP contribution in [0.1, 0.15) is 12.8 Å². The molecule has 1 fully saturated rings. The number of carboxylic acids is 1. The van der Waals surface area contributed by atoms with Gasteiger partial charge in [0.25, 0.3) is 0 Å². The summed E-state index contributed by atoms with van der Waals surface area (Å²) < 4.78 is 0. The molecule has 1 aliphatic carbocycles. The summed E-state index contributed by atoms with van der Waals surface area (Å²) in [5.74, 6) is 0.167. The van der Waals surface area contributed by atoms with Crippen molar-refractivity contribution in [3.05, 3.63) is 24.3 Å². The minimum atomic E-state index is -0.686. The predicted molar refractivity (Wildman–Crippen MR) is 58.1 cm³/mol. The van der Waals surface area contributed by atoms with E-state index in [0.29, 0.717) is 5.75 Å². The number of carbonyl (C=O) groups is 1. The molecule has 2 rings (SSSR count). The average Bonchev–Trinajstić information content (AvgIpc) is 2.98. The van der Waals surface area contributed by atoms with E-state index in [1.54, 1.807) is 24.3 Å². The van der Waals surface area contributed by atoms with Gasteiger partial charge < -0.3 is 10.2 Å². The van der Waals surface area contributed by atoms with Crippen molar-refractivity contribution in [1.82, 2.24) is 0 Å². The Hall–Kier alpha value is -1.16. The van der Waals surface area contributed by atoms with Crippen molar-refractivity contribution in [3.8, 4) is 5.75 Å². The molecule has 0 heterocycles. The molecule has 0 bridgehead atoms. The van der Waals surface area contributed by atoms with Crippen LogP contribution in [0.5, 0.6) is 5.75 Å². The summed E-state index contributed by atoms with van der Waals surface area (Å²) in [4.78, 5) is 11.9. The van der Waals surface area contributed by atoms with E-state index in [1.165, 1.54) is 11.8 Å². The number of rotatable bonds is 4. The van der Waals surface area contributed by atoms with E-state index in [9.17, 15) is 4.79 Å². The second-order valence-corrected chi connectivity index (χ2v) is 4.92. The molecule has 0 radical (unpaired) electrons. The number of aromatic hydroxyl groups is 1. The van der Waals surface area contributed by atoms with Gasteiger partial charge in [-0.25, -0.2) is 0 Å². The van der Waals surface area contributed by atoms with Gasteiger partial charge in [-0.3, -0.25) is 4.79 Å². The number of hydrogen-bond acceptors (Lipinski definition) is 3. The third-order valence-electron chi connectivity index (χ3n) is 2.66. The van der Waals surface area contributed by atoms with Crippen molar-refractivity contribution in [3.63, 3.8) is 0 Å². The molecule has 4 heteroatoms. The Morgan fingerprint density at radius 1 is 1.33 bits per heavy atom. The molecule has 0 unspecified atom stereocenters. The molecule has 80 valence electrons. The zero-order valence-electron chi connectivity index (χ0n) is 8.14. The highest BCUT2D eigenvalue weighted by atomic mass is 32.2. The molecule has 1 aromatic rings. The predicted octanol–water partition coefficient (Wildman–Crippen LogP) is 2.35. The van der Waals surface area contributed by atoms with Gasteiger partial charge in [0.2, 0.25) is 0 Å². The average molecular weight is 224 g/mol. The molecule has 0 aliphatic heterocycles. The van der Waals surface area contributed by atoms with Crippen molar-refractivity contribution in [1.29, 1.82) is 0 Å². The fourth-order valence-electron chi connectivity index (χ4n) is 1.33. The quantitative estimate of drug-likeness (QED) is 0.771. The normalized spacial score (nSPS) is 17.3. The number of benzene rings is 1. The topological polar surface area (TPSA) is 57.5 Å². The molecular weight excluding hydrogens is 212 g/mol. The number of carboxylic acid groups (broad SMARTS) is 1. The first-order chi connectivity index (χ1) is 7.12. The SMILES string of the molecule is O=C(O)C1(CSc2ccc(O)cc2)CC1. The fraction of sp³-hybridized carbons (Fsp3) is 0.364. The van der Waals surface area contributed by atoms with Crippen LogP contribution in [0.3, 0.4) is 0 Å². The maximum Gasteiger partial charge on any atom is 0.310 e. The molecule has 0 aromatic heterocycles. The summed E-state index contributed by atoms with van der Waals surface area (Å²) in [6.45, 7) is 0. The van der Waals surface area contributed by atoms with Gasteiger partial charge in [-0.05, 0) is 37.1 Å². The molecule has 1 aromatic carbocycles. The molecule has 0 spiro atoms. The third kappa shape index (κ3) is 2.26. The molecule has 0 saturated heterocycles. The van der Waals surface area contributed by atoms with E-state index in [1.807, 2.05) is 0 Å². The summed E-state index contributed by atoms with van der Waals surface area (Å²) in [5.41, 5.74) is -0.484. The number of phenols is 1. The molecule has 1 saturated carbocycles. The summed E-state index contributed by atoms with van der Waals surface area (Å²) >= 11 is 1.53. The minimum absolute atomic E-state index is 0.235. The Morgan fingerprint density at radius 2 is 1.93 bits per heavy atom. The summed E-state index contributed by atoms with van der Waals surface area (Å²) in [7, 11) is 0. The first kappa shape index (κ1) is 10.4. The number of aliphatic carboxylic acids is 1. The maximum atomic E-state index is 10.9. The van der Waals surface area contributed by atoms with Crippen molar-refractivity contribution in [2.75, 3.05) is 5.75 Å². The van der Waals surface area contributed by atoms with Crippen LogP contribution < -0.4 is 0 Å². The van der Waals surface area contributed by atoms with Crippen LogP contribution in [0.4, 0.5) is 0 Å². The van der Waals surface area contributed by atoms with Gasteiger partial charge in [-0.15, -0.1) is 11.8 Å². The van der Waals surface area contributed by atoms with Crippen LogP contribution in [-0.4, -0.2) is 21.9 Å². The van der Waals surface area contributed by atoms with Crippen LogP contribution in [0, 0.1) is 5.41 Å². The van der Waals surface area contributed by atoms with Crippen LogP contribution in [0.15, 0.2) is 29.2 Å². The number of phenolic OH excluding ortho intramolecular Hbond substituents is 1. The monoisotopic (exact) mass is 224 g/mol. The zero-order valence-corrected chi connectivity index (χ0v) is 8.96. The van der Waals surface area contributed by atoms with E-state index in [2.05, 4.69) is 0 Å². The highest BCUT2D eigenvalue weighted by Crippen LogP contribution is 2.49. The first-order valence-corrected chi connectivity index (χ1v) is 5.76. The van der Waals surface area contributed by atoms with Crippen molar-refractivity contribution in [2.45, 2.75) is 17.7 Å². The van der Waals surface area contributed by atoms with Crippen molar-refractivity contribution >= 4 is 17.7 Å². The molecule has 1 aliphatic rings. The van der Waals surface area contributed by atoms with Crippen molar-refractivity contribution in [2.24, 2.45) is 5.41 Å². The molecule has 2 N–H and O–H groups in total.